The van der Waals surface area contributed by atoms with Crippen LogP contribution in [0.5, 0.6) is 0 Å². The van der Waals surface area contributed by atoms with Gasteiger partial charge in [-0.25, -0.2) is 0 Å². The van der Waals surface area contributed by atoms with Gasteiger partial charge in [-0.15, -0.1) is 0 Å². The number of hydrogen-bond acceptors (Lipinski definition) is 1. The minimum absolute atomic E-state index is 0.230. The van der Waals surface area contributed by atoms with Crippen LogP contribution in [-0.4, -0.2) is 0 Å². The molecule has 0 heterocycles. The Bertz CT molecular complexity index is 323. The van der Waals surface area contributed by atoms with Gasteiger partial charge in [0.05, 0.1) is 0 Å². The molecule has 1 aromatic rings. The molecule has 3 heteroatoms. The Morgan fingerprint density at radius 3 is 2.83 bits per heavy atom. The molecule has 1 nitrogen and oxygen atoms in total. The van der Waals surface area contributed by atoms with Crippen molar-refractivity contribution in [1.82, 2.24) is 0 Å². The SMILES string of the molecule is NC1CCc2c(Br)cc(Br)cc21. The van der Waals surface area contributed by atoms with Crippen LogP contribution in [-0.2, 0) is 6.42 Å². The maximum Gasteiger partial charge on any atom is 0.0301 e. The molecule has 0 saturated heterocycles. The first kappa shape index (κ1) is 8.73. The van der Waals surface area contributed by atoms with Crippen molar-refractivity contribution in [3.8, 4) is 0 Å². The summed E-state index contributed by atoms with van der Waals surface area (Å²) in [6.07, 6.45) is 2.18. The van der Waals surface area contributed by atoms with Crippen molar-refractivity contribution in [2.24, 2.45) is 5.73 Å². The molecule has 0 aliphatic heterocycles. The molecule has 1 aliphatic carbocycles. The summed E-state index contributed by atoms with van der Waals surface area (Å²) >= 11 is 7.00. The summed E-state index contributed by atoms with van der Waals surface area (Å²) < 4.78 is 2.28. The summed E-state index contributed by atoms with van der Waals surface area (Å²) in [6.45, 7) is 0. The van der Waals surface area contributed by atoms with E-state index in [1.54, 1.807) is 0 Å². The van der Waals surface area contributed by atoms with E-state index in [9.17, 15) is 0 Å². The van der Waals surface area contributed by atoms with Crippen LogP contribution in [0.15, 0.2) is 21.1 Å². The molecule has 0 amide bonds. The number of nitrogens with two attached hydrogens (primary N) is 1. The summed E-state index contributed by atoms with van der Waals surface area (Å²) in [5.74, 6) is 0. The Kier molecular flexibility index (Phi) is 2.27. The molecule has 64 valence electrons. The molecule has 0 fully saturated rings. The number of benzene rings is 1. The zero-order chi connectivity index (χ0) is 8.72. The maximum absolute atomic E-state index is 5.94. The van der Waals surface area contributed by atoms with Crippen LogP contribution >= 0.6 is 31.9 Å². The van der Waals surface area contributed by atoms with E-state index in [0.717, 1.165) is 17.3 Å². The maximum atomic E-state index is 5.94. The molecule has 1 aliphatic rings. The summed E-state index contributed by atoms with van der Waals surface area (Å²) in [6, 6.07) is 4.43. The lowest BCUT2D eigenvalue weighted by Gasteiger charge is -2.06. The van der Waals surface area contributed by atoms with Crippen LogP contribution in [0.4, 0.5) is 0 Å². The van der Waals surface area contributed by atoms with E-state index in [1.165, 1.54) is 15.6 Å². The minimum Gasteiger partial charge on any atom is -0.324 e. The smallest absolute Gasteiger partial charge is 0.0301 e. The van der Waals surface area contributed by atoms with Gasteiger partial charge in [0.25, 0.3) is 0 Å². The Labute approximate surface area is 88.6 Å². The van der Waals surface area contributed by atoms with Gasteiger partial charge in [-0.1, -0.05) is 31.9 Å². The second-order valence-electron chi connectivity index (χ2n) is 3.10. The molecule has 1 aromatic carbocycles. The Balaban J connectivity index is 2.60. The average Bonchev–Trinajstić information content (AvgIpc) is 2.33. The quantitative estimate of drug-likeness (QED) is 0.780. The highest BCUT2D eigenvalue weighted by atomic mass is 79.9. The van der Waals surface area contributed by atoms with Crippen LogP contribution < -0.4 is 5.73 Å². The van der Waals surface area contributed by atoms with E-state index in [0.29, 0.717) is 0 Å². The molecule has 0 aromatic heterocycles. The second-order valence-corrected chi connectivity index (χ2v) is 4.87. The van der Waals surface area contributed by atoms with Crippen molar-refractivity contribution < 1.29 is 0 Å². The van der Waals surface area contributed by atoms with Gasteiger partial charge in [0.15, 0.2) is 0 Å². The highest BCUT2D eigenvalue weighted by Gasteiger charge is 2.21. The van der Waals surface area contributed by atoms with E-state index in [2.05, 4.69) is 44.0 Å². The van der Waals surface area contributed by atoms with Crippen molar-refractivity contribution >= 4 is 31.9 Å². The fourth-order valence-corrected chi connectivity index (χ4v) is 3.13. The van der Waals surface area contributed by atoms with Gasteiger partial charge in [-0.2, -0.15) is 0 Å². The average molecular weight is 291 g/mol. The lowest BCUT2D eigenvalue weighted by molar-refractivity contribution is 0.713. The van der Waals surface area contributed by atoms with Crippen LogP contribution in [0.3, 0.4) is 0 Å². The van der Waals surface area contributed by atoms with Gasteiger partial charge in [0, 0.05) is 15.0 Å². The highest BCUT2D eigenvalue weighted by Crippen LogP contribution is 2.36. The lowest BCUT2D eigenvalue weighted by atomic mass is 10.1. The first-order valence-corrected chi connectivity index (χ1v) is 5.50. The number of fused-ring (bicyclic) bond motifs is 1. The predicted molar refractivity (Wildman–Crippen MR) is 57.1 cm³/mol. The molecule has 2 N–H and O–H groups in total. The third kappa shape index (κ3) is 1.34. The molecular weight excluding hydrogens is 282 g/mol. The van der Waals surface area contributed by atoms with Crippen molar-refractivity contribution in [2.75, 3.05) is 0 Å². The molecule has 0 spiro atoms. The van der Waals surface area contributed by atoms with E-state index < -0.39 is 0 Å². The summed E-state index contributed by atoms with van der Waals surface area (Å²) in [7, 11) is 0. The normalized spacial score (nSPS) is 21.1. The summed E-state index contributed by atoms with van der Waals surface area (Å²) in [4.78, 5) is 0. The Hall–Kier alpha value is 0.140. The van der Waals surface area contributed by atoms with Gasteiger partial charge in [0.1, 0.15) is 0 Å². The van der Waals surface area contributed by atoms with Crippen LogP contribution in [0.1, 0.15) is 23.6 Å². The molecular formula is C9H9Br2N. The first-order chi connectivity index (χ1) is 5.68. The molecule has 1 atom stereocenters. The monoisotopic (exact) mass is 289 g/mol. The third-order valence-electron chi connectivity index (χ3n) is 2.30. The lowest BCUT2D eigenvalue weighted by Crippen LogP contribution is -2.04. The topological polar surface area (TPSA) is 26.0 Å². The molecule has 2 rings (SSSR count). The van der Waals surface area contributed by atoms with Gasteiger partial charge in [-0.05, 0) is 36.1 Å². The fraction of sp³-hybridized carbons (Fsp3) is 0.333. The van der Waals surface area contributed by atoms with Crippen molar-refractivity contribution in [3.63, 3.8) is 0 Å². The van der Waals surface area contributed by atoms with Gasteiger partial charge >= 0.3 is 0 Å². The number of rotatable bonds is 0. The predicted octanol–water partition coefficient (Wildman–Crippen LogP) is 3.16. The van der Waals surface area contributed by atoms with Crippen molar-refractivity contribution in [3.05, 3.63) is 32.2 Å². The number of halogens is 2. The molecule has 0 saturated carbocycles. The first-order valence-electron chi connectivity index (χ1n) is 3.92. The third-order valence-corrected chi connectivity index (χ3v) is 3.46. The van der Waals surface area contributed by atoms with Crippen molar-refractivity contribution in [2.45, 2.75) is 18.9 Å². The van der Waals surface area contributed by atoms with Crippen molar-refractivity contribution in [1.29, 1.82) is 0 Å². The Morgan fingerprint density at radius 1 is 1.33 bits per heavy atom. The second kappa shape index (κ2) is 3.13. The minimum atomic E-state index is 0.230. The molecule has 0 radical (unpaired) electrons. The highest BCUT2D eigenvalue weighted by molar-refractivity contribution is 9.11. The molecule has 0 bridgehead atoms. The van der Waals surface area contributed by atoms with E-state index in [4.69, 9.17) is 5.73 Å². The van der Waals surface area contributed by atoms with E-state index in [-0.39, 0.29) is 6.04 Å². The zero-order valence-corrected chi connectivity index (χ0v) is 9.65. The van der Waals surface area contributed by atoms with Gasteiger partial charge in [-0.3, -0.25) is 0 Å². The van der Waals surface area contributed by atoms with E-state index in [1.807, 2.05) is 0 Å². The van der Waals surface area contributed by atoms with Crippen LogP contribution in [0, 0.1) is 0 Å². The Morgan fingerprint density at radius 2 is 2.08 bits per heavy atom. The van der Waals surface area contributed by atoms with Crippen LogP contribution in [0.2, 0.25) is 0 Å². The zero-order valence-electron chi connectivity index (χ0n) is 6.48. The van der Waals surface area contributed by atoms with Gasteiger partial charge < -0.3 is 5.73 Å². The summed E-state index contributed by atoms with van der Waals surface area (Å²) in [5.41, 5.74) is 8.61. The standard InChI is InChI=1S/C9H9Br2N/c10-5-3-7-6(8(11)4-5)1-2-9(7)12/h3-4,9H,1-2,12H2. The van der Waals surface area contributed by atoms with Gasteiger partial charge in [0.2, 0.25) is 0 Å². The number of hydrogen-bond donors (Lipinski definition) is 1. The van der Waals surface area contributed by atoms with Crippen LogP contribution in [0.25, 0.3) is 0 Å². The molecule has 1 unspecified atom stereocenters. The van der Waals surface area contributed by atoms with E-state index >= 15 is 0 Å². The fourth-order valence-electron chi connectivity index (χ4n) is 1.67. The summed E-state index contributed by atoms with van der Waals surface area (Å²) in [5, 5.41) is 0. The molecule has 12 heavy (non-hydrogen) atoms. The largest absolute Gasteiger partial charge is 0.324 e.